The van der Waals surface area contributed by atoms with Gasteiger partial charge >= 0.3 is 0 Å². The highest BCUT2D eigenvalue weighted by molar-refractivity contribution is 7.10. The molecule has 3 rings (SSSR count). The maximum absolute atomic E-state index is 5.98. The van der Waals surface area contributed by atoms with Gasteiger partial charge in [0.15, 0.2) is 0 Å². The summed E-state index contributed by atoms with van der Waals surface area (Å²) in [7, 11) is 0. The van der Waals surface area contributed by atoms with Gasteiger partial charge in [0.1, 0.15) is 0 Å². The van der Waals surface area contributed by atoms with E-state index in [2.05, 4.69) is 15.9 Å². The molecular weight excluding hydrogens is 278 g/mol. The molecule has 0 aromatic carbocycles. The second-order valence-electron chi connectivity index (χ2n) is 5.78. The highest BCUT2D eigenvalue weighted by Crippen LogP contribution is 2.25. The summed E-state index contributed by atoms with van der Waals surface area (Å²) in [6, 6.07) is 3.27. The zero-order valence-electron chi connectivity index (χ0n) is 11.2. The molecule has 0 spiro atoms. The molecule has 2 fully saturated rings. The van der Waals surface area contributed by atoms with Crippen molar-refractivity contribution in [2.75, 3.05) is 26.2 Å². The highest BCUT2D eigenvalue weighted by Gasteiger charge is 2.29. The summed E-state index contributed by atoms with van der Waals surface area (Å²) in [5.74, 6) is 0. The van der Waals surface area contributed by atoms with Crippen LogP contribution in [0.4, 0.5) is 0 Å². The number of hydrogen-bond donors (Lipinski definition) is 1. The molecule has 3 nitrogen and oxygen atoms in total. The molecule has 0 radical (unpaired) electrons. The van der Waals surface area contributed by atoms with Crippen LogP contribution in [0.5, 0.6) is 0 Å². The van der Waals surface area contributed by atoms with Crippen LogP contribution in [-0.2, 0) is 6.54 Å². The van der Waals surface area contributed by atoms with Crippen molar-refractivity contribution in [2.24, 2.45) is 5.73 Å². The van der Waals surface area contributed by atoms with Crippen molar-refractivity contribution in [3.05, 3.63) is 21.3 Å². The maximum Gasteiger partial charge on any atom is 0.0516 e. The Morgan fingerprint density at radius 2 is 2.05 bits per heavy atom. The molecule has 2 aliphatic heterocycles. The van der Waals surface area contributed by atoms with E-state index in [0.29, 0.717) is 6.04 Å². The maximum atomic E-state index is 5.98. The lowest BCUT2D eigenvalue weighted by Crippen LogP contribution is -2.45. The van der Waals surface area contributed by atoms with Gasteiger partial charge in [-0.2, -0.15) is 0 Å². The predicted octanol–water partition coefficient (Wildman–Crippen LogP) is 2.40. The Hall–Kier alpha value is -0.130. The topological polar surface area (TPSA) is 32.5 Å². The van der Waals surface area contributed by atoms with Crippen molar-refractivity contribution in [3.63, 3.8) is 0 Å². The number of halogens is 1. The van der Waals surface area contributed by atoms with Crippen molar-refractivity contribution < 1.29 is 0 Å². The summed E-state index contributed by atoms with van der Waals surface area (Å²) in [4.78, 5) is 6.58. The Morgan fingerprint density at radius 1 is 1.26 bits per heavy atom. The predicted molar refractivity (Wildman–Crippen MR) is 81.8 cm³/mol. The van der Waals surface area contributed by atoms with Crippen LogP contribution in [-0.4, -0.2) is 48.1 Å². The van der Waals surface area contributed by atoms with Crippen LogP contribution in [0.2, 0.25) is 5.02 Å². The Labute approximate surface area is 124 Å². The zero-order chi connectivity index (χ0) is 13.2. The van der Waals surface area contributed by atoms with E-state index in [1.54, 1.807) is 11.3 Å². The van der Waals surface area contributed by atoms with Gasteiger partial charge in [0, 0.05) is 42.0 Å². The normalized spacial score (nSPS) is 27.2. The molecule has 106 valence electrons. The van der Waals surface area contributed by atoms with Crippen LogP contribution in [0.3, 0.4) is 0 Å². The molecule has 2 N–H and O–H groups in total. The standard InChI is InChI=1S/C14H22ClN3S/c15-11-7-14(19-10-11)9-17-4-3-13(8-17)18-5-1-12(16)2-6-18/h7,10,12-13H,1-6,8-9,16H2. The Bertz CT molecular complexity index is 415. The Morgan fingerprint density at radius 3 is 2.74 bits per heavy atom. The number of nitrogens with two attached hydrogens (primary N) is 1. The van der Waals surface area contributed by atoms with Crippen LogP contribution in [0, 0.1) is 0 Å². The minimum atomic E-state index is 0.432. The fourth-order valence-electron chi connectivity index (χ4n) is 3.20. The van der Waals surface area contributed by atoms with Crippen LogP contribution in [0.1, 0.15) is 24.1 Å². The lowest BCUT2D eigenvalue weighted by atomic mass is 10.0. The molecule has 1 aromatic heterocycles. The smallest absolute Gasteiger partial charge is 0.0516 e. The highest BCUT2D eigenvalue weighted by atomic mass is 35.5. The van der Waals surface area contributed by atoms with Gasteiger partial charge in [-0.1, -0.05) is 11.6 Å². The van der Waals surface area contributed by atoms with E-state index in [1.807, 2.05) is 5.38 Å². The number of likely N-dealkylation sites (tertiary alicyclic amines) is 2. The molecule has 1 aromatic rings. The van der Waals surface area contributed by atoms with Gasteiger partial charge < -0.3 is 5.73 Å². The minimum absolute atomic E-state index is 0.432. The first kappa shape index (κ1) is 13.8. The molecule has 19 heavy (non-hydrogen) atoms. The Kier molecular flexibility index (Phi) is 4.44. The fraction of sp³-hybridized carbons (Fsp3) is 0.714. The average Bonchev–Trinajstić information content (AvgIpc) is 3.00. The van der Waals surface area contributed by atoms with Crippen LogP contribution < -0.4 is 5.73 Å². The largest absolute Gasteiger partial charge is 0.328 e. The third-order valence-electron chi connectivity index (χ3n) is 4.34. The third kappa shape index (κ3) is 3.50. The van der Waals surface area contributed by atoms with Crippen molar-refractivity contribution in [1.82, 2.24) is 9.80 Å². The zero-order valence-corrected chi connectivity index (χ0v) is 12.8. The van der Waals surface area contributed by atoms with Gasteiger partial charge in [0.25, 0.3) is 0 Å². The van der Waals surface area contributed by atoms with E-state index < -0.39 is 0 Å². The van der Waals surface area contributed by atoms with Crippen molar-refractivity contribution in [1.29, 1.82) is 0 Å². The van der Waals surface area contributed by atoms with E-state index in [0.717, 1.165) is 30.5 Å². The number of hydrogen-bond acceptors (Lipinski definition) is 4. The van der Waals surface area contributed by atoms with E-state index in [1.165, 1.54) is 37.5 Å². The van der Waals surface area contributed by atoms with Crippen LogP contribution in [0.25, 0.3) is 0 Å². The van der Waals surface area contributed by atoms with Crippen LogP contribution >= 0.6 is 22.9 Å². The van der Waals surface area contributed by atoms with Crippen molar-refractivity contribution in [3.8, 4) is 0 Å². The van der Waals surface area contributed by atoms with Gasteiger partial charge in [-0.05, 0) is 38.4 Å². The van der Waals surface area contributed by atoms with E-state index in [-0.39, 0.29) is 0 Å². The van der Waals surface area contributed by atoms with E-state index in [4.69, 9.17) is 17.3 Å². The summed E-state index contributed by atoms with van der Waals surface area (Å²) in [6.45, 7) is 5.84. The molecule has 2 saturated heterocycles. The number of nitrogens with zero attached hydrogens (tertiary/aromatic N) is 2. The number of piperidine rings is 1. The molecule has 0 amide bonds. The summed E-state index contributed by atoms with van der Waals surface area (Å²) < 4.78 is 0. The monoisotopic (exact) mass is 299 g/mol. The minimum Gasteiger partial charge on any atom is -0.328 e. The number of thiophene rings is 1. The van der Waals surface area contributed by atoms with E-state index >= 15 is 0 Å². The second kappa shape index (κ2) is 6.10. The van der Waals surface area contributed by atoms with Crippen molar-refractivity contribution in [2.45, 2.75) is 37.9 Å². The van der Waals surface area contributed by atoms with Gasteiger partial charge in [-0.3, -0.25) is 9.80 Å². The van der Waals surface area contributed by atoms with Crippen molar-refractivity contribution >= 4 is 22.9 Å². The summed E-state index contributed by atoms with van der Waals surface area (Å²) in [5.41, 5.74) is 5.98. The van der Waals surface area contributed by atoms with Crippen LogP contribution in [0.15, 0.2) is 11.4 Å². The molecule has 1 unspecified atom stereocenters. The lowest BCUT2D eigenvalue weighted by molar-refractivity contribution is 0.152. The summed E-state index contributed by atoms with van der Waals surface area (Å²) in [5, 5.41) is 2.90. The van der Waals surface area contributed by atoms with Gasteiger partial charge in [0.05, 0.1) is 5.02 Å². The third-order valence-corrected chi connectivity index (χ3v) is 5.61. The SMILES string of the molecule is NC1CCN(C2CCN(Cc3cc(Cl)cs3)C2)CC1. The number of rotatable bonds is 3. The summed E-state index contributed by atoms with van der Waals surface area (Å²) in [6.07, 6.45) is 3.63. The lowest BCUT2D eigenvalue weighted by Gasteiger charge is -2.34. The van der Waals surface area contributed by atoms with Gasteiger partial charge in [-0.25, -0.2) is 0 Å². The first-order chi connectivity index (χ1) is 9.20. The Balaban J connectivity index is 1.50. The van der Waals surface area contributed by atoms with E-state index in [9.17, 15) is 0 Å². The fourth-order valence-corrected chi connectivity index (χ4v) is 4.31. The summed E-state index contributed by atoms with van der Waals surface area (Å²) >= 11 is 7.75. The first-order valence-corrected chi connectivity index (χ1v) is 8.41. The second-order valence-corrected chi connectivity index (χ2v) is 7.21. The van der Waals surface area contributed by atoms with Gasteiger partial charge in [0.2, 0.25) is 0 Å². The molecule has 1 atom stereocenters. The first-order valence-electron chi connectivity index (χ1n) is 7.15. The molecule has 0 saturated carbocycles. The molecule has 0 aliphatic carbocycles. The average molecular weight is 300 g/mol. The molecule has 5 heteroatoms. The molecule has 3 heterocycles. The molecular formula is C14H22ClN3S. The quantitative estimate of drug-likeness (QED) is 0.930. The molecule has 2 aliphatic rings. The van der Waals surface area contributed by atoms with Gasteiger partial charge in [-0.15, -0.1) is 11.3 Å². The molecule has 0 bridgehead atoms.